The molecule has 1 heterocycles. The van der Waals surface area contributed by atoms with Crippen LogP contribution in [0.15, 0.2) is 30.3 Å². The van der Waals surface area contributed by atoms with E-state index in [1.165, 1.54) is 6.07 Å². The summed E-state index contributed by atoms with van der Waals surface area (Å²) in [5, 5.41) is 10.1. The van der Waals surface area contributed by atoms with Crippen LogP contribution in [0.5, 0.6) is 0 Å². The topological polar surface area (TPSA) is 40.7 Å². The zero-order chi connectivity index (χ0) is 12.3. The number of hydrogen-bond donors (Lipinski definition) is 2. The Balaban J connectivity index is 2.16. The Morgan fingerprint density at radius 1 is 1.35 bits per heavy atom. The Hall–Kier alpha value is -1.84. The predicted molar refractivity (Wildman–Crippen MR) is 67.3 cm³/mol. The molecule has 0 aliphatic carbocycles. The van der Waals surface area contributed by atoms with Crippen molar-refractivity contribution in [2.45, 2.75) is 13.8 Å². The molecule has 2 aromatic rings. The zero-order valence-electron chi connectivity index (χ0n) is 10.00. The van der Waals surface area contributed by atoms with Crippen LogP contribution in [0.1, 0.15) is 13.8 Å². The molecule has 90 valence electrons. The summed E-state index contributed by atoms with van der Waals surface area (Å²) in [5.41, 5.74) is 1.23. The van der Waals surface area contributed by atoms with Gasteiger partial charge < -0.3 is 5.32 Å². The molecule has 3 nitrogen and oxygen atoms in total. The largest absolute Gasteiger partial charge is 0.368 e. The maximum Gasteiger partial charge on any atom is 0.148 e. The highest BCUT2D eigenvalue weighted by atomic mass is 19.1. The molecule has 2 N–H and O–H groups in total. The van der Waals surface area contributed by atoms with Crippen LogP contribution in [0.2, 0.25) is 0 Å². The number of nitrogens with zero attached hydrogens (tertiary/aromatic N) is 1. The number of aromatic amines is 1. The van der Waals surface area contributed by atoms with E-state index in [1.54, 1.807) is 18.2 Å². The van der Waals surface area contributed by atoms with Crippen molar-refractivity contribution in [1.29, 1.82) is 0 Å². The van der Waals surface area contributed by atoms with Crippen LogP contribution in [0.25, 0.3) is 11.3 Å². The van der Waals surface area contributed by atoms with Crippen LogP contribution >= 0.6 is 0 Å². The normalized spacial score (nSPS) is 10.8. The lowest BCUT2D eigenvalue weighted by Crippen LogP contribution is -2.07. The summed E-state index contributed by atoms with van der Waals surface area (Å²) in [5.74, 6) is 1.05. The van der Waals surface area contributed by atoms with E-state index in [9.17, 15) is 4.39 Å². The number of rotatable bonds is 4. The molecule has 0 saturated heterocycles. The van der Waals surface area contributed by atoms with E-state index in [1.807, 2.05) is 6.07 Å². The minimum Gasteiger partial charge on any atom is -0.368 e. The molecule has 1 aromatic carbocycles. The summed E-state index contributed by atoms with van der Waals surface area (Å²) in [6.45, 7) is 5.09. The van der Waals surface area contributed by atoms with Gasteiger partial charge in [-0.3, -0.25) is 5.10 Å². The summed E-state index contributed by atoms with van der Waals surface area (Å²) >= 11 is 0. The van der Waals surface area contributed by atoms with Crippen LogP contribution in [-0.4, -0.2) is 16.7 Å². The van der Waals surface area contributed by atoms with Crippen molar-refractivity contribution in [3.05, 3.63) is 36.1 Å². The third-order valence-corrected chi connectivity index (χ3v) is 2.43. The summed E-state index contributed by atoms with van der Waals surface area (Å²) in [6.07, 6.45) is 0. The zero-order valence-corrected chi connectivity index (χ0v) is 10.00. The van der Waals surface area contributed by atoms with Crippen LogP contribution < -0.4 is 5.32 Å². The van der Waals surface area contributed by atoms with Gasteiger partial charge in [-0.1, -0.05) is 26.0 Å². The van der Waals surface area contributed by atoms with E-state index in [0.717, 1.165) is 12.4 Å². The number of nitrogens with one attached hydrogen (secondary N) is 2. The first-order valence-electron chi connectivity index (χ1n) is 5.71. The van der Waals surface area contributed by atoms with Gasteiger partial charge in [0.15, 0.2) is 0 Å². The van der Waals surface area contributed by atoms with Gasteiger partial charge >= 0.3 is 0 Å². The smallest absolute Gasteiger partial charge is 0.148 e. The first-order chi connectivity index (χ1) is 8.16. The molecule has 0 aliphatic heterocycles. The predicted octanol–water partition coefficient (Wildman–Crippen LogP) is 3.28. The summed E-state index contributed by atoms with van der Waals surface area (Å²) in [6, 6.07) is 8.47. The quantitative estimate of drug-likeness (QED) is 0.850. The van der Waals surface area contributed by atoms with E-state index in [4.69, 9.17) is 0 Å². The van der Waals surface area contributed by atoms with E-state index in [0.29, 0.717) is 17.2 Å². The van der Waals surface area contributed by atoms with Crippen molar-refractivity contribution in [2.24, 2.45) is 5.92 Å². The summed E-state index contributed by atoms with van der Waals surface area (Å²) in [7, 11) is 0. The molecule has 0 saturated carbocycles. The van der Waals surface area contributed by atoms with Crippen molar-refractivity contribution >= 4 is 5.82 Å². The number of hydrogen-bond acceptors (Lipinski definition) is 2. The lowest BCUT2D eigenvalue weighted by atomic mass is 10.1. The second-order valence-corrected chi connectivity index (χ2v) is 4.42. The first-order valence-corrected chi connectivity index (χ1v) is 5.71. The van der Waals surface area contributed by atoms with Crippen molar-refractivity contribution in [3.63, 3.8) is 0 Å². The fourth-order valence-electron chi connectivity index (χ4n) is 1.54. The van der Waals surface area contributed by atoms with Crippen LogP contribution in [-0.2, 0) is 0 Å². The monoisotopic (exact) mass is 233 g/mol. The minimum atomic E-state index is -0.244. The molecule has 0 bridgehead atoms. The third-order valence-electron chi connectivity index (χ3n) is 2.43. The molecule has 4 heteroatoms. The second-order valence-electron chi connectivity index (χ2n) is 4.42. The second kappa shape index (κ2) is 4.99. The fourth-order valence-corrected chi connectivity index (χ4v) is 1.54. The molecule has 0 atom stereocenters. The Kier molecular flexibility index (Phi) is 3.42. The van der Waals surface area contributed by atoms with E-state index >= 15 is 0 Å². The SMILES string of the molecule is CC(C)CNc1cc(-c2ccccc2F)[nH]n1. The molecule has 0 spiro atoms. The van der Waals surface area contributed by atoms with Gasteiger partial charge in [-0.25, -0.2) is 4.39 Å². The molecule has 2 rings (SSSR count). The van der Waals surface area contributed by atoms with E-state index in [2.05, 4.69) is 29.4 Å². The highest BCUT2D eigenvalue weighted by Crippen LogP contribution is 2.22. The van der Waals surface area contributed by atoms with Gasteiger partial charge in [0.2, 0.25) is 0 Å². The Morgan fingerprint density at radius 2 is 2.12 bits per heavy atom. The highest BCUT2D eigenvalue weighted by Gasteiger charge is 2.07. The van der Waals surface area contributed by atoms with Gasteiger partial charge in [0.25, 0.3) is 0 Å². The minimum absolute atomic E-state index is 0.244. The maximum absolute atomic E-state index is 13.5. The maximum atomic E-state index is 13.5. The first kappa shape index (κ1) is 11.6. The van der Waals surface area contributed by atoms with Gasteiger partial charge in [-0.05, 0) is 18.1 Å². The fraction of sp³-hybridized carbons (Fsp3) is 0.308. The van der Waals surface area contributed by atoms with Gasteiger partial charge in [0, 0.05) is 18.2 Å². The molecule has 0 amide bonds. The molecule has 0 fully saturated rings. The number of anilines is 1. The molecular weight excluding hydrogens is 217 g/mol. The van der Waals surface area contributed by atoms with Crippen LogP contribution in [0.3, 0.4) is 0 Å². The van der Waals surface area contributed by atoms with Crippen molar-refractivity contribution in [2.75, 3.05) is 11.9 Å². The molecular formula is C13H16FN3. The van der Waals surface area contributed by atoms with E-state index in [-0.39, 0.29) is 5.82 Å². The van der Waals surface area contributed by atoms with Crippen molar-refractivity contribution in [1.82, 2.24) is 10.2 Å². The summed E-state index contributed by atoms with van der Waals surface area (Å²) in [4.78, 5) is 0. The Bertz CT molecular complexity index is 491. The number of aromatic nitrogens is 2. The third kappa shape index (κ3) is 2.84. The molecule has 17 heavy (non-hydrogen) atoms. The molecule has 0 unspecified atom stereocenters. The van der Waals surface area contributed by atoms with Gasteiger partial charge in [-0.15, -0.1) is 0 Å². The number of benzene rings is 1. The lowest BCUT2D eigenvalue weighted by molar-refractivity contribution is 0.630. The average Bonchev–Trinajstić information content (AvgIpc) is 2.75. The van der Waals surface area contributed by atoms with Crippen molar-refractivity contribution in [3.8, 4) is 11.3 Å². The molecule has 0 aliphatic rings. The Labute approximate surface area is 100 Å². The Morgan fingerprint density at radius 3 is 2.82 bits per heavy atom. The van der Waals surface area contributed by atoms with Crippen LogP contribution in [0, 0.1) is 11.7 Å². The molecule has 1 aromatic heterocycles. The summed E-state index contributed by atoms with van der Waals surface area (Å²) < 4.78 is 13.5. The average molecular weight is 233 g/mol. The van der Waals surface area contributed by atoms with E-state index < -0.39 is 0 Å². The van der Waals surface area contributed by atoms with Gasteiger partial charge in [-0.2, -0.15) is 5.10 Å². The standard InChI is InChI=1S/C13H16FN3/c1-9(2)8-15-13-7-12(16-17-13)10-5-3-4-6-11(10)14/h3-7,9H,8H2,1-2H3,(H2,15,16,17). The number of halogens is 1. The van der Waals surface area contributed by atoms with Crippen LogP contribution in [0.4, 0.5) is 10.2 Å². The van der Waals surface area contributed by atoms with Crippen molar-refractivity contribution < 1.29 is 4.39 Å². The number of H-pyrrole nitrogens is 1. The van der Waals surface area contributed by atoms with Gasteiger partial charge in [0.05, 0.1) is 5.69 Å². The molecule has 0 radical (unpaired) electrons. The van der Waals surface area contributed by atoms with Gasteiger partial charge in [0.1, 0.15) is 11.6 Å². The highest BCUT2D eigenvalue weighted by molar-refractivity contribution is 5.63. The lowest BCUT2D eigenvalue weighted by Gasteiger charge is -2.04.